The maximum absolute atomic E-state index is 10.9. The van der Waals surface area contributed by atoms with E-state index < -0.39 is 0 Å². The number of carbonyl (C=O) groups excluding carboxylic acids is 1. The Labute approximate surface area is 81.0 Å². The van der Waals surface area contributed by atoms with Gasteiger partial charge in [-0.25, -0.2) is 0 Å². The lowest BCUT2D eigenvalue weighted by Crippen LogP contribution is -1.89. The third kappa shape index (κ3) is 1.63. The van der Waals surface area contributed by atoms with Crippen molar-refractivity contribution in [3.8, 4) is 0 Å². The smallest absolute Gasteiger partial charge is 0.139 e. The Bertz CT molecular complexity index is 442. The van der Waals surface area contributed by atoms with Crippen LogP contribution in [-0.2, 0) is 4.79 Å². The van der Waals surface area contributed by atoms with Crippen LogP contribution in [0.5, 0.6) is 0 Å². The fourth-order valence-corrected chi connectivity index (χ4v) is 2.32. The minimum absolute atomic E-state index is 0.104. The largest absolute Gasteiger partial charge is 0.299 e. The number of hydrogen-bond acceptors (Lipinski definition) is 2. The van der Waals surface area contributed by atoms with E-state index in [0.29, 0.717) is 0 Å². The Hall–Kier alpha value is -1.15. The minimum atomic E-state index is 0.104. The fourth-order valence-electron chi connectivity index (χ4n) is 1.31. The summed E-state index contributed by atoms with van der Waals surface area (Å²) in [5.74, 6) is 0.104. The molecule has 0 aliphatic carbocycles. The summed E-state index contributed by atoms with van der Waals surface area (Å²) < 4.78 is 0. The van der Waals surface area contributed by atoms with Crippen molar-refractivity contribution < 1.29 is 4.79 Å². The van der Waals surface area contributed by atoms with Crippen molar-refractivity contribution in [1.29, 1.82) is 0 Å². The third-order valence-corrected chi connectivity index (χ3v) is 2.84. The number of hydrogen-bond donors (Lipinski definition) is 0. The van der Waals surface area contributed by atoms with E-state index in [1.807, 2.05) is 18.2 Å². The van der Waals surface area contributed by atoms with Gasteiger partial charge in [0.05, 0.1) is 6.42 Å². The molecule has 1 nitrogen and oxygen atoms in total. The van der Waals surface area contributed by atoms with Crippen LogP contribution in [0.4, 0.5) is 0 Å². The number of thiophene rings is 1. The highest BCUT2D eigenvalue weighted by Gasteiger charge is 2.05. The van der Waals surface area contributed by atoms with E-state index in [4.69, 9.17) is 0 Å². The van der Waals surface area contributed by atoms with E-state index >= 15 is 0 Å². The van der Waals surface area contributed by atoms with Crippen molar-refractivity contribution in [2.45, 2.75) is 6.92 Å². The van der Waals surface area contributed by atoms with Crippen molar-refractivity contribution in [3.05, 3.63) is 40.9 Å². The summed E-state index contributed by atoms with van der Waals surface area (Å²) in [6, 6.07) is 8.10. The van der Waals surface area contributed by atoms with E-state index in [9.17, 15) is 4.79 Å². The van der Waals surface area contributed by atoms with Gasteiger partial charge in [-0.2, -0.15) is 0 Å². The molecule has 1 heterocycles. The maximum atomic E-state index is 10.9. The molecule has 0 atom stereocenters. The van der Waals surface area contributed by atoms with Gasteiger partial charge in [-0.15, -0.1) is 11.3 Å². The maximum Gasteiger partial charge on any atom is 0.139 e. The SMILES string of the molecule is CC(=O)[CH]c1scc2ccccc12. The van der Waals surface area contributed by atoms with Crippen LogP contribution in [0.2, 0.25) is 0 Å². The average molecular weight is 189 g/mol. The minimum Gasteiger partial charge on any atom is -0.299 e. The molecule has 0 aliphatic rings. The lowest BCUT2D eigenvalue weighted by atomic mass is 10.1. The van der Waals surface area contributed by atoms with Crippen LogP contribution >= 0.6 is 11.3 Å². The van der Waals surface area contributed by atoms with Crippen molar-refractivity contribution in [2.24, 2.45) is 0 Å². The van der Waals surface area contributed by atoms with Crippen molar-refractivity contribution in [2.75, 3.05) is 0 Å². The summed E-state index contributed by atoms with van der Waals surface area (Å²) >= 11 is 1.61. The van der Waals surface area contributed by atoms with E-state index in [1.165, 1.54) is 10.8 Å². The Morgan fingerprint density at radius 3 is 2.92 bits per heavy atom. The van der Waals surface area contributed by atoms with Gasteiger partial charge < -0.3 is 0 Å². The monoisotopic (exact) mass is 189 g/mol. The van der Waals surface area contributed by atoms with Crippen molar-refractivity contribution in [3.63, 3.8) is 0 Å². The highest BCUT2D eigenvalue weighted by atomic mass is 32.1. The molecule has 2 aromatic rings. The van der Waals surface area contributed by atoms with E-state index in [-0.39, 0.29) is 5.78 Å². The number of carbonyl (C=O) groups is 1. The van der Waals surface area contributed by atoms with Crippen molar-refractivity contribution >= 4 is 27.9 Å². The van der Waals surface area contributed by atoms with Gasteiger partial charge in [0.25, 0.3) is 0 Å². The van der Waals surface area contributed by atoms with E-state index in [2.05, 4.69) is 11.4 Å². The van der Waals surface area contributed by atoms with Crippen LogP contribution in [0.3, 0.4) is 0 Å². The molecule has 0 N–H and O–H groups in total. The van der Waals surface area contributed by atoms with Gasteiger partial charge in [-0.1, -0.05) is 24.3 Å². The first-order chi connectivity index (χ1) is 6.27. The molecule has 1 aromatic carbocycles. The number of fused-ring (bicyclic) bond motifs is 1. The van der Waals surface area contributed by atoms with Gasteiger partial charge in [0, 0.05) is 4.88 Å². The normalized spacial score (nSPS) is 10.5. The molecular weight excluding hydrogens is 180 g/mol. The summed E-state index contributed by atoms with van der Waals surface area (Å²) in [4.78, 5) is 12.0. The van der Waals surface area contributed by atoms with Gasteiger partial charge in [-0.05, 0) is 23.1 Å². The molecule has 0 bridgehead atoms. The number of Topliss-reactive ketones (excluding diaryl/α,β-unsaturated/α-hetero) is 1. The molecule has 0 saturated heterocycles. The lowest BCUT2D eigenvalue weighted by Gasteiger charge is -1.93. The second-order valence-corrected chi connectivity index (χ2v) is 3.85. The van der Waals surface area contributed by atoms with E-state index in [0.717, 1.165) is 4.88 Å². The zero-order chi connectivity index (χ0) is 9.26. The zero-order valence-electron chi connectivity index (χ0n) is 7.28. The van der Waals surface area contributed by atoms with Crippen LogP contribution in [0, 0.1) is 6.42 Å². The molecule has 0 spiro atoms. The first kappa shape index (κ1) is 8.45. The van der Waals surface area contributed by atoms with Gasteiger partial charge >= 0.3 is 0 Å². The molecule has 0 amide bonds. The summed E-state index contributed by atoms with van der Waals surface area (Å²) in [7, 11) is 0. The Morgan fingerprint density at radius 1 is 1.38 bits per heavy atom. The molecular formula is C11H9OS. The van der Waals surface area contributed by atoms with Gasteiger partial charge in [0.2, 0.25) is 0 Å². The predicted octanol–water partition coefficient (Wildman–Crippen LogP) is 3.04. The summed E-state index contributed by atoms with van der Waals surface area (Å²) in [6.07, 6.45) is 1.69. The van der Waals surface area contributed by atoms with Gasteiger partial charge in [0.15, 0.2) is 0 Å². The van der Waals surface area contributed by atoms with Crippen LogP contribution in [0.15, 0.2) is 29.6 Å². The first-order valence-corrected chi connectivity index (χ1v) is 4.97. The van der Waals surface area contributed by atoms with Crippen molar-refractivity contribution in [1.82, 2.24) is 0 Å². The zero-order valence-corrected chi connectivity index (χ0v) is 8.10. The summed E-state index contributed by atoms with van der Waals surface area (Å²) in [5.41, 5.74) is 0. The molecule has 1 radical (unpaired) electrons. The third-order valence-electron chi connectivity index (χ3n) is 1.87. The van der Waals surface area contributed by atoms with Gasteiger partial charge in [0.1, 0.15) is 5.78 Å². The number of benzene rings is 1. The average Bonchev–Trinajstić information content (AvgIpc) is 2.48. The molecule has 13 heavy (non-hydrogen) atoms. The Balaban J connectivity index is 2.51. The van der Waals surface area contributed by atoms with Crippen LogP contribution in [0.25, 0.3) is 10.8 Å². The summed E-state index contributed by atoms with van der Waals surface area (Å²) in [5, 5.41) is 4.45. The number of ketones is 1. The van der Waals surface area contributed by atoms with Gasteiger partial charge in [-0.3, -0.25) is 4.79 Å². The summed E-state index contributed by atoms with van der Waals surface area (Å²) in [6.45, 7) is 1.58. The molecule has 0 saturated carbocycles. The highest BCUT2D eigenvalue weighted by Crippen LogP contribution is 2.26. The van der Waals surface area contributed by atoms with Crippen LogP contribution < -0.4 is 0 Å². The Morgan fingerprint density at radius 2 is 2.15 bits per heavy atom. The fraction of sp³-hybridized carbons (Fsp3) is 0.0909. The topological polar surface area (TPSA) is 17.1 Å². The molecule has 2 rings (SSSR count). The highest BCUT2D eigenvalue weighted by molar-refractivity contribution is 7.12. The molecule has 65 valence electrons. The molecule has 0 aliphatic heterocycles. The molecule has 0 unspecified atom stereocenters. The molecule has 1 aromatic heterocycles. The standard InChI is InChI=1S/C11H9OS/c1-8(12)6-11-10-5-3-2-4-9(10)7-13-11/h2-7H,1H3. The van der Waals surface area contributed by atoms with Crippen LogP contribution in [-0.4, -0.2) is 5.78 Å². The molecule has 2 heteroatoms. The second kappa shape index (κ2) is 3.30. The Kier molecular flexibility index (Phi) is 2.15. The van der Waals surface area contributed by atoms with E-state index in [1.54, 1.807) is 24.7 Å². The predicted molar refractivity (Wildman–Crippen MR) is 55.9 cm³/mol. The quantitative estimate of drug-likeness (QED) is 0.709. The first-order valence-electron chi connectivity index (χ1n) is 4.09. The van der Waals surface area contributed by atoms with Crippen LogP contribution in [0.1, 0.15) is 11.8 Å². The molecule has 0 fully saturated rings. The lowest BCUT2D eigenvalue weighted by molar-refractivity contribution is -0.113. The number of rotatable bonds is 2. The second-order valence-electron chi connectivity index (χ2n) is 2.94.